The third-order valence-electron chi connectivity index (χ3n) is 2.81. The van der Waals surface area contributed by atoms with E-state index in [1.165, 1.54) is 18.0 Å². The highest BCUT2D eigenvalue weighted by molar-refractivity contribution is 8.15. The van der Waals surface area contributed by atoms with Crippen molar-refractivity contribution >= 4 is 29.1 Å². The van der Waals surface area contributed by atoms with Gasteiger partial charge in [-0.3, -0.25) is 4.79 Å². The highest BCUT2D eigenvalue weighted by Crippen LogP contribution is 2.32. The molecule has 0 saturated carbocycles. The summed E-state index contributed by atoms with van der Waals surface area (Å²) in [6, 6.07) is 5.54. The summed E-state index contributed by atoms with van der Waals surface area (Å²) in [7, 11) is 0. The van der Waals surface area contributed by atoms with E-state index in [-0.39, 0.29) is 17.1 Å². The molecule has 1 aromatic carbocycles. The van der Waals surface area contributed by atoms with Crippen LogP contribution in [0.3, 0.4) is 0 Å². The number of thioether (sulfide) groups is 1. The summed E-state index contributed by atoms with van der Waals surface area (Å²) < 4.78 is 0. The van der Waals surface area contributed by atoms with Crippen molar-refractivity contribution in [1.29, 1.82) is 0 Å². The summed E-state index contributed by atoms with van der Waals surface area (Å²) in [6.45, 7) is 6.11. The van der Waals surface area contributed by atoms with Crippen LogP contribution in [0.2, 0.25) is 0 Å². The minimum atomic E-state index is -0.144. The Balaban J connectivity index is 2.20. The van der Waals surface area contributed by atoms with Gasteiger partial charge in [-0.25, -0.2) is 0 Å². The fourth-order valence-corrected chi connectivity index (χ4v) is 2.42. The highest BCUT2D eigenvalue weighted by Gasteiger charge is 2.19. The fraction of sp³-hybridized carbons (Fsp3) is 0.357. The molecular weight excluding hydrogens is 274 g/mol. The molecular formula is C14H17N3O2S. The molecule has 0 aliphatic carbocycles. The molecule has 1 aliphatic heterocycles. The topological polar surface area (TPSA) is 74.0 Å². The van der Waals surface area contributed by atoms with Gasteiger partial charge in [0.1, 0.15) is 5.75 Å². The lowest BCUT2D eigenvalue weighted by Crippen LogP contribution is -2.19. The Bertz CT molecular complexity index is 589. The first-order valence-electron chi connectivity index (χ1n) is 6.24. The molecule has 106 valence electrons. The van der Waals surface area contributed by atoms with E-state index >= 15 is 0 Å². The largest absolute Gasteiger partial charge is 0.507 e. The molecule has 5 nitrogen and oxygen atoms in total. The number of hydrogen-bond donors (Lipinski definition) is 2. The van der Waals surface area contributed by atoms with Crippen molar-refractivity contribution in [2.24, 2.45) is 10.2 Å². The summed E-state index contributed by atoms with van der Waals surface area (Å²) in [5.74, 6) is 0.521. The summed E-state index contributed by atoms with van der Waals surface area (Å²) in [5, 5.41) is 21.1. The third kappa shape index (κ3) is 3.39. The van der Waals surface area contributed by atoms with E-state index in [0.717, 1.165) is 5.56 Å². The van der Waals surface area contributed by atoms with E-state index in [1.54, 1.807) is 6.07 Å². The van der Waals surface area contributed by atoms with E-state index in [1.807, 2.05) is 32.9 Å². The van der Waals surface area contributed by atoms with Crippen LogP contribution in [-0.4, -0.2) is 28.1 Å². The van der Waals surface area contributed by atoms with Crippen LogP contribution in [0.15, 0.2) is 28.4 Å². The van der Waals surface area contributed by atoms with Gasteiger partial charge >= 0.3 is 0 Å². The van der Waals surface area contributed by atoms with Crippen molar-refractivity contribution in [2.45, 2.75) is 26.2 Å². The SMILES string of the molecule is CC(C)(C)c1cccc(C=NN=C2NC(=O)CS2)c1O. The summed E-state index contributed by atoms with van der Waals surface area (Å²) >= 11 is 1.31. The minimum absolute atomic E-state index is 0.0680. The number of para-hydroxylation sites is 1. The molecule has 1 aromatic rings. The summed E-state index contributed by atoms with van der Waals surface area (Å²) in [5.41, 5.74) is 1.32. The molecule has 0 bridgehead atoms. The van der Waals surface area contributed by atoms with Crippen LogP contribution < -0.4 is 5.32 Å². The predicted molar refractivity (Wildman–Crippen MR) is 82.4 cm³/mol. The lowest BCUT2D eigenvalue weighted by molar-refractivity contribution is -0.116. The predicted octanol–water partition coefficient (Wildman–Crippen LogP) is 2.24. The Morgan fingerprint density at radius 1 is 1.40 bits per heavy atom. The molecule has 0 aromatic heterocycles. The van der Waals surface area contributed by atoms with Gasteiger partial charge in [0, 0.05) is 5.56 Å². The first kappa shape index (κ1) is 14.6. The second kappa shape index (κ2) is 5.66. The van der Waals surface area contributed by atoms with Gasteiger partial charge in [-0.2, -0.15) is 5.10 Å². The van der Waals surface area contributed by atoms with E-state index in [2.05, 4.69) is 15.5 Å². The van der Waals surface area contributed by atoms with Gasteiger partial charge < -0.3 is 10.4 Å². The Labute approximate surface area is 122 Å². The number of nitrogens with one attached hydrogen (secondary N) is 1. The number of carbonyl (C=O) groups is 1. The standard InChI is InChI=1S/C14H17N3O2S/c1-14(2,3)10-6-4-5-9(12(10)19)7-15-17-13-16-11(18)8-20-13/h4-7,19H,8H2,1-3H3,(H,16,17,18). The van der Waals surface area contributed by atoms with Gasteiger partial charge in [0.2, 0.25) is 5.91 Å². The summed E-state index contributed by atoms with van der Waals surface area (Å²) in [4.78, 5) is 11.0. The molecule has 0 radical (unpaired) electrons. The molecule has 1 fully saturated rings. The molecule has 2 rings (SSSR count). The Morgan fingerprint density at radius 3 is 2.75 bits per heavy atom. The van der Waals surface area contributed by atoms with Gasteiger partial charge in [-0.1, -0.05) is 44.7 Å². The normalized spacial score (nSPS) is 17.9. The van der Waals surface area contributed by atoms with Crippen LogP contribution >= 0.6 is 11.8 Å². The van der Waals surface area contributed by atoms with Crippen molar-refractivity contribution in [3.8, 4) is 5.75 Å². The Hall–Kier alpha value is -1.82. The quantitative estimate of drug-likeness (QED) is 0.648. The van der Waals surface area contributed by atoms with Crippen LogP contribution in [0.5, 0.6) is 5.75 Å². The maximum absolute atomic E-state index is 11.0. The minimum Gasteiger partial charge on any atom is -0.507 e. The average Bonchev–Trinajstić information content (AvgIpc) is 2.76. The molecule has 1 amide bonds. The number of phenols is 1. The lowest BCUT2D eigenvalue weighted by Gasteiger charge is -2.20. The zero-order chi connectivity index (χ0) is 14.8. The maximum Gasteiger partial charge on any atom is 0.236 e. The van der Waals surface area contributed by atoms with Crippen molar-refractivity contribution in [2.75, 3.05) is 5.75 Å². The van der Waals surface area contributed by atoms with Crippen LogP contribution in [0.1, 0.15) is 31.9 Å². The number of nitrogens with zero attached hydrogens (tertiary/aromatic N) is 2. The zero-order valence-electron chi connectivity index (χ0n) is 11.7. The number of rotatable bonds is 2. The Morgan fingerprint density at radius 2 is 2.15 bits per heavy atom. The first-order chi connectivity index (χ1) is 9.38. The maximum atomic E-state index is 11.0. The van der Waals surface area contributed by atoms with Gasteiger partial charge in [0.25, 0.3) is 0 Å². The van der Waals surface area contributed by atoms with Gasteiger partial charge in [-0.15, -0.1) is 5.10 Å². The monoisotopic (exact) mass is 291 g/mol. The van der Waals surface area contributed by atoms with E-state index in [0.29, 0.717) is 16.5 Å². The number of benzene rings is 1. The van der Waals surface area contributed by atoms with Crippen molar-refractivity contribution in [3.63, 3.8) is 0 Å². The molecule has 6 heteroatoms. The molecule has 2 N–H and O–H groups in total. The molecule has 1 aliphatic rings. The fourth-order valence-electron chi connectivity index (χ4n) is 1.79. The van der Waals surface area contributed by atoms with Crippen LogP contribution in [0.4, 0.5) is 0 Å². The van der Waals surface area contributed by atoms with Crippen molar-refractivity contribution in [3.05, 3.63) is 29.3 Å². The Kier molecular flexibility index (Phi) is 4.13. The second-order valence-electron chi connectivity index (χ2n) is 5.48. The molecule has 0 spiro atoms. The number of aromatic hydroxyl groups is 1. The zero-order valence-corrected chi connectivity index (χ0v) is 12.5. The van der Waals surface area contributed by atoms with E-state index < -0.39 is 0 Å². The lowest BCUT2D eigenvalue weighted by atomic mass is 9.85. The van der Waals surface area contributed by atoms with Crippen LogP contribution in [0, 0.1) is 0 Å². The molecule has 20 heavy (non-hydrogen) atoms. The first-order valence-corrected chi connectivity index (χ1v) is 7.22. The smallest absolute Gasteiger partial charge is 0.236 e. The number of carbonyl (C=O) groups excluding carboxylic acids is 1. The van der Waals surface area contributed by atoms with E-state index in [9.17, 15) is 9.90 Å². The van der Waals surface area contributed by atoms with Crippen LogP contribution in [0.25, 0.3) is 0 Å². The summed E-state index contributed by atoms with van der Waals surface area (Å²) in [6.07, 6.45) is 1.49. The second-order valence-corrected chi connectivity index (χ2v) is 6.44. The third-order valence-corrected chi connectivity index (χ3v) is 3.67. The average molecular weight is 291 g/mol. The number of amidine groups is 1. The number of hydrogen-bond acceptors (Lipinski definition) is 5. The highest BCUT2D eigenvalue weighted by atomic mass is 32.2. The van der Waals surface area contributed by atoms with Gasteiger partial charge in [0.05, 0.1) is 12.0 Å². The van der Waals surface area contributed by atoms with Crippen LogP contribution in [-0.2, 0) is 10.2 Å². The molecule has 1 saturated heterocycles. The van der Waals surface area contributed by atoms with Crippen molar-refractivity contribution in [1.82, 2.24) is 5.32 Å². The molecule has 0 atom stereocenters. The van der Waals surface area contributed by atoms with E-state index in [4.69, 9.17) is 0 Å². The van der Waals surface area contributed by atoms with Gasteiger partial charge in [0.15, 0.2) is 5.17 Å². The number of amides is 1. The van der Waals surface area contributed by atoms with Gasteiger partial charge in [-0.05, 0) is 17.0 Å². The molecule has 0 unspecified atom stereocenters. The van der Waals surface area contributed by atoms with Crippen molar-refractivity contribution < 1.29 is 9.90 Å². The number of phenolic OH excluding ortho intramolecular Hbond substituents is 1. The molecule has 1 heterocycles.